The average molecular weight is 371 g/mol. The maximum absolute atomic E-state index is 12.5. The van der Waals surface area contributed by atoms with Gasteiger partial charge in [0.15, 0.2) is 0 Å². The maximum atomic E-state index is 12.5. The van der Waals surface area contributed by atoms with Crippen LogP contribution in [0, 0.1) is 0 Å². The fourth-order valence-corrected chi connectivity index (χ4v) is 3.33. The highest BCUT2D eigenvalue weighted by Gasteiger charge is 2.19. The fourth-order valence-electron chi connectivity index (χ4n) is 2.81. The summed E-state index contributed by atoms with van der Waals surface area (Å²) >= 11 is 0. The molecule has 0 bridgehead atoms. The molecule has 2 aromatic carbocycles. The van der Waals surface area contributed by atoms with Crippen LogP contribution in [0.5, 0.6) is 0 Å². The third kappa shape index (κ3) is 4.29. The Balaban J connectivity index is 1.72. The summed E-state index contributed by atoms with van der Waals surface area (Å²) in [5.74, 6) is -0.290. The Morgan fingerprint density at radius 3 is 2.08 bits per heavy atom. The van der Waals surface area contributed by atoms with Gasteiger partial charge in [0.05, 0.1) is 11.4 Å². The minimum Gasteiger partial charge on any atom is -0.325 e. The number of nitrogens with one attached hydrogen (secondary N) is 2. The van der Waals surface area contributed by atoms with Crippen molar-refractivity contribution >= 4 is 34.1 Å². The van der Waals surface area contributed by atoms with E-state index >= 15 is 0 Å². The topological polar surface area (TPSA) is 78.5 Å². The summed E-state index contributed by atoms with van der Waals surface area (Å²) in [6, 6.07) is 13.6. The van der Waals surface area contributed by atoms with E-state index in [-0.39, 0.29) is 11.9 Å². The van der Waals surface area contributed by atoms with E-state index in [1.54, 1.807) is 59.7 Å². The van der Waals surface area contributed by atoms with Gasteiger partial charge < -0.3 is 15.5 Å². The first-order valence-corrected chi connectivity index (χ1v) is 10.0. The largest absolute Gasteiger partial charge is 0.325 e. The van der Waals surface area contributed by atoms with Crippen LogP contribution in [0.15, 0.2) is 53.4 Å². The first-order chi connectivity index (χ1) is 12.5. The van der Waals surface area contributed by atoms with Gasteiger partial charge in [-0.1, -0.05) is 12.1 Å². The lowest BCUT2D eigenvalue weighted by atomic mass is 10.2. The Morgan fingerprint density at radius 1 is 0.923 bits per heavy atom. The lowest BCUT2D eigenvalue weighted by Gasteiger charge is -2.18. The molecule has 6 nitrogen and oxygen atoms in total. The molecular formula is C19H21N3O3S. The molecule has 0 spiro atoms. The number of carbonyl (C=O) groups excluding carboxylic acids is 2. The average Bonchev–Trinajstić information content (AvgIpc) is 3.18. The number of para-hydroxylation sites is 2. The molecular weight excluding hydrogens is 350 g/mol. The number of benzene rings is 2. The number of likely N-dealkylation sites (tertiary alicyclic amines) is 1. The van der Waals surface area contributed by atoms with Crippen LogP contribution in [-0.2, 0) is 10.8 Å². The van der Waals surface area contributed by atoms with Crippen LogP contribution in [0.4, 0.5) is 16.2 Å². The number of anilines is 2. The first-order valence-electron chi connectivity index (χ1n) is 8.44. The van der Waals surface area contributed by atoms with Crippen molar-refractivity contribution in [2.24, 2.45) is 0 Å². The van der Waals surface area contributed by atoms with Gasteiger partial charge in [-0.2, -0.15) is 0 Å². The third-order valence-corrected chi connectivity index (χ3v) is 5.19. The second-order valence-electron chi connectivity index (χ2n) is 6.10. The number of rotatable bonds is 4. The normalized spacial score (nSPS) is 14.7. The SMILES string of the molecule is CS(=O)c1ccc(C(=O)Nc2ccccc2NC(=O)N2CCCC2)cc1. The van der Waals surface area contributed by atoms with Crippen LogP contribution >= 0.6 is 0 Å². The highest BCUT2D eigenvalue weighted by atomic mass is 32.2. The molecule has 1 aliphatic rings. The van der Waals surface area contributed by atoms with Gasteiger partial charge in [-0.25, -0.2) is 4.79 Å². The molecule has 3 rings (SSSR count). The van der Waals surface area contributed by atoms with E-state index < -0.39 is 10.8 Å². The predicted molar refractivity (Wildman–Crippen MR) is 103 cm³/mol. The van der Waals surface area contributed by atoms with Gasteiger partial charge in [-0.05, 0) is 49.2 Å². The highest BCUT2D eigenvalue weighted by molar-refractivity contribution is 7.84. The molecule has 1 aliphatic heterocycles. The number of hydrogen-bond donors (Lipinski definition) is 2. The van der Waals surface area contributed by atoms with E-state index in [2.05, 4.69) is 10.6 Å². The molecule has 0 saturated carbocycles. The summed E-state index contributed by atoms with van der Waals surface area (Å²) in [7, 11) is -1.08. The fraction of sp³-hybridized carbons (Fsp3) is 0.263. The predicted octanol–water partition coefficient (Wildman–Crippen LogP) is 3.30. The molecule has 0 radical (unpaired) electrons. The molecule has 1 unspecified atom stereocenters. The van der Waals surface area contributed by atoms with Crippen LogP contribution in [0.1, 0.15) is 23.2 Å². The summed E-state index contributed by atoms with van der Waals surface area (Å²) in [4.78, 5) is 27.2. The second-order valence-corrected chi connectivity index (χ2v) is 7.48. The monoisotopic (exact) mass is 371 g/mol. The van der Waals surface area contributed by atoms with Crippen molar-refractivity contribution in [2.45, 2.75) is 17.7 Å². The minimum atomic E-state index is -1.08. The van der Waals surface area contributed by atoms with E-state index in [0.717, 1.165) is 25.9 Å². The Bertz CT molecular complexity index is 830. The van der Waals surface area contributed by atoms with Gasteiger partial charge in [0.2, 0.25) is 0 Å². The minimum absolute atomic E-state index is 0.154. The molecule has 7 heteroatoms. The number of amides is 3. The van der Waals surface area contributed by atoms with Crippen molar-refractivity contribution < 1.29 is 13.8 Å². The van der Waals surface area contributed by atoms with Gasteiger partial charge in [0.25, 0.3) is 5.91 Å². The molecule has 0 aromatic heterocycles. The third-order valence-electron chi connectivity index (χ3n) is 4.26. The van der Waals surface area contributed by atoms with Crippen molar-refractivity contribution in [1.29, 1.82) is 0 Å². The summed E-state index contributed by atoms with van der Waals surface area (Å²) in [6.07, 6.45) is 3.63. The molecule has 136 valence electrons. The Kier molecular flexibility index (Phi) is 5.68. The van der Waals surface area contributed by atoms with E-state index in [1.165, 1.54) is 0 Å². The van der Waals surface area contributed by atoms with Gasteiger partial charge in [0.1, 0.15) is 0 Å². The Hall–Kier alpha value is -2.67. The summed E-state index contributed by atoms with van der Waals surface area (Å²) in [5.41, 5.74) is 1.55. The highest BCUT2D eigenvalue weighted by Crippen LogP contribution is 2.23. The Morgan fingerprint density at radius 2 is 1.50 bits per heavy atom. The van der Waals surface area contributed by atoms with Crippen molar-refractivity contribution in [1.82, 2.24) is 4.90 Å². The van der Waals surface area contributed by atoms with Crippen LogP contribution in [0.2, 0.25) is 0 Å². The summed E-state index contributed by atoms with van der Waals surface area (Å²) in [6.45, 7) is 1.51. The molecule has 1 fully saturated rings. The van der Waals surface area contributed by atoms with Gasteiger partial charge in [0, 0.05) is 40.6 Å². The van der Waals surface area contributed by atoms with Gasteiger partial charge >= 0.3 is 6.03 Å². The lowest BCUT2D eigenvalue weighted by molar-refractivity contribution is 0.102. The molecule has 26 heavy (non-hydrogen) atoms. The quantitative estimate of drug-likeness (QED) is 0.865. The molecule has 0 aliphatic carbocycles. The number of hydrogen-bond acceptors (Lipinski definition) is 3. The van der Waals surface area contributed by atoms with E-state index in [9.17, 15) is 13.8 Å². The zero-order valence-electron chi connectivity index (χ0n) is 14.5. The zero-order valence-corrected chi connectivity index (χ0v) is 15.3. The van der Waals surface area contributed by atoms with E-state index in [0.29, 0.717) is 21.8 Å². The van der Waals surface area contributed by atoms with Crippen LogP contribution in [0.3, 0.4) is 0 Å². The Labute approximate surface area is 155 Å². The molecule has 1 saturated heterocycles. The van der Waals surface area contributed by atoms with Crippen LogP contribution in [0.25, 0.3) is 0 Å². The number of carbonyl (C=O) groups is 2. The van der Waals surface area contributed by atoms with Crippen molar-refractivity contribution in [3.8, 4) is 0 Å². The molecule has 1 heterocycles. The first kappa shape index (κ1) is 18.1. The van der Waals surface area contributed by atoms with Crippen molar-refractivity contribution in [2.75, 3.05) is 30.0 Å². The molecule has 2 N–H and O–H groups in total. The smallest absolute Gasteiger partial charge is 0.321 e. The molecule has 2 aromatic rings. The second kappa shape index (κ2) is 8.14. The van der Waals surface area contributed by atoms with E-state index in [4.69, 9.17) is 0 Å². The van der Waals surface area contributed by atoms with E-state index in [1.807, 2.05) is 0 Å². The number of nitrogens with zero attached hydrogens (tertiary/aromatic N) is 1. The van der Waals surface area contributed by atoms with Crippen LogP contribution in [-0.4, -0.2) is 40.4 Å². The van der Waals surface area contributed by atoms with Crippen LogP contribution < -0.4 is 10.6 Å². The zero-order chi connectivity index (χ0) is 18.5. The van der Waals surface area contributed by atoms with Crippen molar-refractivity contribution in [3.63, 3.8) is 0 Å². The van der Waals surface area contributed by atoms with Gasteiger partial charge in [-0.3, -0.25) is 9.00 Å². The maximum Gasteiger partial charge on any atom is 0.321 e. The lowest BCUT2D eigenvalue weighted by Crippen LogP contribution is -2.32. The molecule has 1 atom stereocenters. The number of urea groups is 1. The van der Waals surface area contributed by atoms with Crippen molar-refractivity contribution in [3.05, 3.63) is 54.1 Å². The van der Waals surface area contributed by atoms with Gasteiger partial charge in [-0.15, -0.1) is 0 Å². The standard InChI is InChI=1S/C19H21N3O3S/c1-26(25)15-10-8-14(9-11-15)18(23)20-16-6-2-3-7-17(16)21-19(24)22-12-4-5-13-22/h2-3,6-11H,4-5,12-13H2,1H3,(H,20,23)(H,21,24). The summed E-state index contributed by atoms with van der Waals surface area (Å²) < 4.78 is 11.4. The molecule has 3 amide bonds. The summed E-state index contributed by atoms with van der Waals surface area (Å²) in [5, 5.41) is 5.69.